The van der Waals surface area contributed by atoms with Crippen molar-refractivity contribution >= 4 is 109 Å². The average molecular weight is 699 g/mol. The van der Waals surface area contributed by atoms with Gasteiger partial charge in [0.2, 0.25) is 0 Å². The van der Waals surface area contributed by atoms with Gasteiger partial charge in [0.25, 0.3) is 0 Å². The lowest BCUT2D eigenvalue weighted by atomic mass is 10.00. The molecule has 3 heteroatoms. The van der Waals surface area contributed by atoms with Gasteiger partial charge in [0.15, 0.2) is 0 Å². The number of para-hydroxylation sites is 2. The van der Waals surface area contributed by atoms with Crippen molar-refractivity contribution in [1.82, 2.24) is 9.13 Å². The van der Waals surface area contributed by atoms with E-state index >= 15 is 0 Å². The van der Waals surface area contributed by atoms with E-state index < -0.39 is 0 Å². The molecule has 0 saturated carbocycles. The van der Waals surface area contributed by atoms with Gasteiger partial charge in [-0.3, -0.25) is 0 Å². The van der Waals surface area contributed by atoms with E-state index in [1.54, 1.807) is 0 Å². The molecular formula is C52H30N2O. The number of benzene rings is 10. The van der Waals surface area contributed by atoms with Gasteiger partial charge in [0.1, 0.15) is 11.2 Å². The van der Waals surface area contributed by atoms with Crippen LogP contribution in [0.5, 0.6) is 0 Å². The van der Waals surface area contributed by atoms with Gasteiger partial charge in [-0.15, -0.1) is 0 Å². The highest BCUT2D eigenvalue weighted by Crippen LogP contribution is 2.46. The molecule has 0 unspecified atom stereocenters. The largest absolute Gasteiger partial charge is 0.455 e. The quantitative estimate of drug-likeness (QED) is 0.165. The minimum Gasteiger partial charge on any atom is -0.455 e. The summed E-state index contributed by atoms with van der Waals surface area (Å²) in [5, 5.41) is 16.8. The summed E-state index contributed by atoms with van der Waals surface area (Å²) in [6.45, 7) is 0. The summed E-state index contributed by atoms with van der Waals surface area (Å²) < 4.78 is 12.2. The first-order chi connectivity index (χ1) is 27.3. The number of nitrogens with zero attached hydrogens (tertiary/aromatic N) is 2. The zero-order valence-corrected chi connectivity index (χ0v) is 29.6. The number of aromatic nitrogens is 2. The van der Waals surface area contributed by atoms with E-state index in [9.17, 15) is 0 Å². The Labute approximate surface area is 314 Å². The van der Waals surface area contributed by atoms with Gasteiger partial charge in [-0.05, 0) is 80.8 Å². The van der Waals surface area contributed by atoms with Crippen LogP contribution >= 0.6 is 0 Å². The molecule has 254 valence electrons. The molecule has 0 bridgehead atoms. The first-order valence-corrected chi connectivity index (χ1v) is 18.9. The summed E-state index contributed by atoms with van der Waals surface area (Å²) in [6.07, 6.45) is 0. The Kier molecular flexibility index (Phi) is 5.63. The molecule has 0 aliphatic heterocycles. The maximum absolute atomic E-state index is 7.28. The lowest BCUT2D eigenvalue weighted by Gasteiger charge is -2.14. The van der Waals surface area contributed by atoms with Crippen LogP contribution in [0.4, 0.5) is 0 Å². The van der Waals surface area contributed by atoms with Crippen LogP contribution in [0.15, 0.2) is 186 Å². The molecule has 3 aromatic heterocycles. The molecule has 10 aromatic carbocycles. The first-order valence-electron chi connectivity index (χ1n) is 18.9. The highest BCUT2D eigenvalue weighted by atomic mass is 16.3. The topological polar surface area (TPSA) is 23.0 Å². The maximum Gasteiger partial charge on any atom is 0.145 e. The summed E-state index contributed by atoms with van der Waals surface area (Å²) in [4.78, 5) is 0. The van der Waals surface area contributed by atoms with Crippen molar-refractivity contribution in [3.8, 4) is 11.4 Å². The fraction of sp³-hybridized carbons (Fsp3) is 0. The minimum atomic E-state index is 0.924. The van der Waals surface area contributed by atoms with Crippen LogP contribution in [0.2, 0.25) is 0 Å². The highest BCUT2D eigenvalue weighted by Gasteiger charge is 2.24. The summed E-state index contributed by atoms with van der Waals surface area (Å²) in [6, 6.07) is 66.4. The molecule has 0 aliphatic carbocycles. The molecule has 0 atom stereocenters. The Morgan fingerprint density at radius 2 is 0.636 bits per heavy atom. The highest BCUT2D eigenvalue weighted by molar-refractivity contribution is 6.29. The van der Waals surface area contributed by atoms with Crippen molar-refractivity contribution in [3.05, 3.63) is 182 Å². The van der Waals surface area contributed by atoms with Crippen LogP contribution in [-0.2, 0) is 0 Å². The molecule has 55 heavy (non-hydrogen) atoms. The minimum absolute atomic E-state index is 0.924. The third-order valence-electron chi connectivity index (χ3n) is 12.1. The molecule has 0 N–H and O–H groups in total. The lowest BCUT2D eigenvalue weighted by molar-refractivity contribution is 0.677. The molecule has 0 spiro atoms. The third kappa shape index (κ3) is 3.79. The molecule has 3 nitrogen and oxygen atoms in total. The summed E-state index contributed by atoms with van der Waals surface area (Å²) >= 11 is 0. The summed E-state index contributed by atoms with van der Waals surface area (Å²) in [7, 11) is 0. The average Bonchev–Trinajstić information content (AvgIpc) is 3.91. The Morgan fingerprint density at radius 3 is 1.09 bits per heavy atom. The van der Waals surface area contributed by atoms with Crippen LogP contribution in [0.1, 0.15) is 0 Å². The normalized spacial score (nSPS) is 12.4. The number of fused-ring (bicyclic) bond motifs is 17. The van der Waals surface area contributed by atoms with Crippen LogP contribution in [-0.4, -0.2) is 9.13 Å². The summed E-state index contributed by atoms with van der Waals surface area (Å²) in [5.74, 6) is 0. The van der Waals surface area contributed by atoms with Gasteiger partial charge in [-0.25, -0.2) is 0 Å². The van der Waals surface area contributed by atoms with E-state index in [4.69, 9.17) is 4.42 Å². The van der Waals surface area contributed by atoms with Gasteiger partial charge in [-0.2, -0.15) is 0 Å². The fourth-order valence-electron chi connectivity index (χ4n) is 9.75. The standard InChI is InChI=1S/C52H30N2O/c1-3-15-33-31(13-1)29-47(37-19-7-5-17-35(33)37)53-43-23-11-9-21-41(43)49-45(53)27-25-39-40-26-28-46-50(52(40)55-51(39)49)42-22-10-12-24-44(42)54(46)48-30-32-14-2-4-16-34(32)36-18-6-8-20-38(36)48/h1-30H. The van der Waals surface area contributed by atoms with Crippen molar-refractivity contribution in [2.24, 2.45) is 0 Å². The zero-order valence-electron chi connectivity index (χ0n) is 29.6. The summed E-state index contributed by atoms with van der Waals surface area (Å²) in [5.41, 5.74) is 8.78. The van der Waals surface area contributed by atoms with E-state index in [2.05, 4.69) is 191 Å². The van der Waals surface area contributed by atoms with E-state index in [0.29, 0.717) is 0 Å². The Balaban J connectivity index is 1.16. The predicted octanol–water partition coefficient (Wildman–Crippen LogP) is 14.4. The Morgan fingerprint density at radius 1 is 0.273 bits per heavy atom. The van der Waals surface area contributed by atoms with Crippen molar-refractivity contribution in [2.45, 2.75) is 0 Å². The molecule has 13 rings (SSSR count). The number of furan rings is 1. The van der Waals surface area contributed by atoms with Crippen molar-refractivity contribution in [1.29, 1.82) is 0 Å². The number of rotatable bonds is 2. The molecule has 3 heterocycles. The van der Waals surface area contributed by atoms with E-state index in [-0.39, 0.29) is 0 Å². The first kappa shape index (κ1) is 29.1. The van der Waals surface area contributed by atoms with Crippen LogP contribution in [0.25, 0.3) is 120 Å². The van der Waals surface area contributed by atoms with Gasteiger partial charge in [0.05, 0.1) is 44.2 Å². The fourth-order valence-corrected chi connectivity index (χ4v) is 9.75. The predicted molar refractivity (Wildman–Crippen MR) is 232 cm³/mol. The molecular weight excluding hydrogens is 669 g/mol. The second-order valence-corrected chi connectivity index (χ2v) is 14.8. The van der Waals surface area contributed by atoms with Crippen LogP contribution in [0.3, 0.4) is 0 Å². The van der Waals surface area contributed by atoms with Crippen LogP contribution < -0.4 is 0 Å². The number of hydrogen-bond acceptors (Lipinski definition) is 1. The molecule has 0 saturated heterocycles. The smallest absolute Gasteiger partial charge is 0.145 e. The lowest BCUT2D eigenvalue weighted by Crippen LogP contribution is -1.96. The SMILES string of the molecule is c1ccc2c(c1)cc(-n1c3ccccc3c3c4oc5c(ccc6c5c5ccccc5n6-c5cc6ccccc6c6ccccc56)c4ccc31)c1ccccc12. The second kappa shape index (κ2) is 10.6. The molecule has 0 aliphatic rings. The molecule has 13 aromatic rings. The second-order valence-electron chi connectivity index (χ2n) is 14.8. The van der Waals surface area contributed by atoms with Crippen molar-refractivity contribution < 1.29 is 4.42 Å². The van der Waals surface area contributed by atoms with E-state index in [1.807, 2.05) is 0 Å². The van der Waals surface area contributed by atoms with Gasteiger partial charge in [-0.1, -0.05) is 133 Å². The van der Waals surface area contributed by atoms with Crippen molar-refractivity contribution in [2.75, 3.05) is 0 Å². The molecule has 0 radical (unpaired) electrons. The molecule has 0 amide bonds. The van der Waals surface area contributed by atoms with E-state index in [1.165, 1.54) is 65.2 Å². The Hall–Kier alpha value is -7.36. The van der Waals surface area contributed by atoms with Gasteiger partial charge in [0, 0.05) is 32.3 Å². The maximum atomic E-state index is 7.28. The van der Waals surface area contributed by atoms with Gasteiger partial charge < -0.3 is 13.6 Å². The third-order valence-corrected chi connectivity index (χ3v) is 12.1. The Bertz CT molecular complexity index is 3530. The zero-order chi connectivity index (χ0) is 35.8. The van der Waals surface area contributed by atoms with Gasteiger partial charge >= 0.3 is 0 Å². The van der Waals surface area contributed by atoms with Crippen LogP contribution in [0, 0.1) is 0 Å². The number of hydrogen-bond donors (Lipinski definition) is 0. The monoisotopic (exact) mass is 698 g/mol. The molecule has 0 fully saturated rings. The van der Waals surface area contributed by atoms with Crippen molar-refractivity contribution in [3.63, 3.8) is 0 Å². The van der Waals surface area contributed by atoms with E-state index in [0.717, 1.165) is 54.8 Å².